The Labute approximate surface area is 134 Å². The summed E-state index contributed by atoms with van der Waals surface area (Å²) in [6.07, 6.45) is 8.42. The molecule has 0 radical (unpaired) electrons. The quantitative estimate of drug-likeness (QED) is 0.916. The molecule has 0 spiro atoms. The van der Waals surface area contributed by atoms with Crippen LogP contribution in [0.15, 0.2) is 36.9 Å². The molecule has 0 aromatic carbocycles. The zero-order valence-corrected chi connectivity index (χ0v) is 13.0. The van der Waals surface area contributed by atoms with Crippen LogP contribution in [0.2, 0.25) is 0 Å². The van der Waals surface area contributed by atoms with E-state index < -0.39 is 0 Å². The molecule has 1 aliphatic heterocycles. The van der Waals surface area contributed by atoms with Crippen LogP contribution in [0.25, 0.3) is 0 Å². The molecule has 0 aliphatic carbocycles. The largest absolute Gasteiger partial charge is 0.481 e. The van der Waals surface area contributed by atoms with Crippen LogP contribution in [0.5, 0.6) is 5.88 Å². The summed E-state index contributed by atoms with van der Waals surface area (Å²) in [5.41, 5.74) is 0.544. The zero-order valence-electron chi connectivity index (χ0n) is 13.0. The maximum atomic E-state index is 12.2. The van der Waals surface area contributed by atoms with Crippen molar-refractivity contribution in [2.75, 3.05) is 25.1 Å². The van der Waals surface area contributed by atoms with E-state index in [1.807, 2.05) is 0 Å². The van der Waals surface area contributed by atoms with Crippen molar-refractivity contribution in [1.82, 2.24) is 20.3 Å². The van der Waals surface area contributed by atoms with Gasteiger partial charge in [-0.1, -0.05) is 0 Å². The summed E-state index contributed by atoms with van der Waals surface area (Å²) >= 11 is 0. The lowest BCUT2D eigenvalue weighted by Gasteiger charge is -2.32. The van der Waals surface area contributed by atoms with Crippen molar-refractivity contribution in [2.24, 2.45) is 0 Å². The molecule has 0 atom stereocenters. The lowest BCUT2D eigenvalue weighted by Crippen LogP contribution is -2.45. The van der Waals surface area contributed by atoms with Crippen molar-refractivity contribution in [2.45, 2.75) is 18.9 Å². The number of hydrogen-bond acceptors (Lipinski definition) is 6. The first-order valence-electron chi connectivity index (χ1n) is 7.58. The first-order chi connectivity index (χ1) is 11.3. The molecule has 1 saturated heterocycles. The molecular weight excluding hydrogens is 294 g/mol. The smallest absolute Gasteiger partial charge is 0.253 e. The van der Waals surface area contributed by atoms with Crippen LogP contribution in [0.4, 0.5) is 5.82 Å². The molecule has 120 valence electrons. The fourth-order valence-electron chi connectivity index (χ4n) is 2.61. The monoisotopic (exact) mass is 313 g/mol. The molecule has 1 N–H and O–H groups in total. The topological polar surface area (TPSA) is 80.2 Å². The number of amides is 1. The van der Waals surface area contributed by atoms with Crippen molar-refractivity contribution in [3.63, 3.8) is 0 Å². The summed E-state index contributed by atoms with van der Waals surface area (Å²) in [7, 11) is 1.55. The number of pyridine rings is 1. The van der Waals surface area contributed by atoms with E-state index in [4.69, 9.17) is 4.74 Å². The van der Waals surface area contributed by atoms with Gasteiger partial charge in [-0.3, -0.25) is 9.78 Å². The van der Waals surface area contributed by atoms with Gasteiger partial charge < -0.3 is 15.0 Å². The molecule has 7 nitrogen and oxygen atoms in total. The van der Waals surface area contributed by atoms with E-state index in [1.54, 1.807) is 37.8 Å². The Morgan fingerprint density at radius 2 is 2.04 bits per heavy atom. The molecule has 7 heteroatoms. The number of nitrogens with zero attached hydrogens (tertiary/aromatic N) is 4. The minimum Gasteiger partial charge on any atom is -0.481 e. The molecule has 23 heavy (non-hydrogen) atoms. The molecule has 0 saturated carbocycles. The first-order valence-corrected chi connectivity index (χ1v) is 7.58. The average Bonchev–Trinajstić information content (AvgIpc) is 2.63. The van der Waals surface area contributed by atoms with Gasteiger partial charge in [-0.15, -0.1) is 0 Å². The van der Waals surface area contributed by atoms with Crippen LogP contribution < -0.4 is 15.0 Å². The lowest BCUT2D eigenvalue weighted by atomic mass is 10.0. The number of ether oxygens (including phenoxy) is 1. The van der Waals surface area contributed by atoms with E-state index in [0.29, 0.717) is 11.4 Å². The van der Waals surface area contributed by atoms with E-state index in [-0.39, 0.29) is 11.9 Å². The third-order valence-corrected chi connectivity index (χ3v) is 3.91. The molecule has 3 rings (SSSR count). The highest BCUT2D eigenvalue weighted by molar-refractivity contribution is 5.94. The Morgan fingerprint density at radius 1 is 1.22 bits per heavy atom. The number of anilines is 1. The predicted molar refractivity (Wildman–Crippen MR) is 85.5 cm³/mol. The van der Waals surface area contributed by atoms with Gasteiger partial charge in [-0.05, 0) is 18.9 Å². The Hall–Kier alpha value is -2.70. The normalized spacial score (nSPS) is 15.3. The molecule has 3 heterocycles. The van der Waals surface area contributed by atoms with Gasteiger partial charge in [-0.25, -0.2) is 9.97 Å². The Bertz CT molecular complexity index is 639. The first kappa shape index (κ1) is 15.2. The SMILES string of the molecule is COc1ccc(C(=O)NC2CCN(c3cnccn3)CC2)cn1. The van der Waals surface area contributed by atoms with Gasteiger partial charge in [0.2, 0.25) is 5.88 Å². The summed E-state index contributed by atoms with van der Waals surface area (Å²) < 4.78 is 4.99. The third kappa shape index (κ3) is 3.74. The van der Waals surface area contributed by atoms with Crippen LogP contribution in [-0.4, -0.2) is 47.1 Å². The van der Waals surface area contributed by atoms with E-state index in [9.17, 15) is 4.79 Å². The van der Waals surface area contributed by atoms with Crippen molar-refractivity contribution in [1.29, 1.82) is 0 Å². The van der Waals surface area contributed by atoms with Gasteiger partial charge in [0.25, 0.3) is 5.91 Å². The van der Waals surface area contributed by atoms with Crippen molar-refractivity contribution < 1.29 is 9.53 Å². The number of carbonyl (C=O) groups is 1. The Balaban J connectivity index is 1.53. The van der Waals surface area contributed by atoms with Crippen molar-refractivity contribution in [3.05, 3.63) is 42.5 Å². The van der Waals surface area contributed by atoms with Gasteiger partial charge in [0.15, 0.2) is 0 Å². The highest BCUT2D eigenvalue weighted by Gasteiger charge is 2.22. The van der Waals surface area contributed by atoms with Crippen molar-refractivity contribution >= 4 is 11.7 Å². The summed E-state index contributed by atoms with van der Waals surface area (Å²) in [6.45, 7) is 1.70. The number of piperidine rings is 1. The van der Waals surface area contributed by atoms with Gasteiger partial charge in [0.1, 0.15) is 5.82 Å². The molecular formula is C16H19N5O2. The summed E-state index contributed by atoms with van der Waals surface area (Å²) in [4.78, 5) is 26.9. The zero-order chi connectivity index (χ0) is 16.1. The summed E-state index contributed by atoms with van der Waals surface area (Å²) in [5, 5.41) is 3.06. The molecule has 2 aromatic heterocycles. The number of carbonyl (C=O) groups excluding carboxylic acids is 1. The minimum atomic E-state index is -0.0990. The highest BCUT2D eigenvalue weighted by atomic mass is 16.5. The van der Waals surface area contributed by atoms with E-state index in [2.05, 4.69) is 25.2 Å². The predicted octanol–water partition coefficient (Wildman–Crippen LogP) is 1.28. The second-order valence-corrected chi connectivity index (χ2v) is 5.39. The second-order valence-electron chi connectivity index (χ2n) is 5.39. The molecule has 0 unspecified atom stereocenters. The molecule has 1 fully saturated rings. The number of rotatable bonds is 4. The minimum absolute atomic E-state index is 0.0990. The van der Waals surface area contributed by atoms with Gasteiger partial charge in [-0.2, -0.15) is 0 Å². The number of nitrogens with one attached hydrogen (secondary N) is 1. The second kappa shape index (κ2) is 7.04. The van der Waals surface area contributed by atoms with Crippen LogP contribution in [-0.2, 0) is 0 Å². The molecule has 1 aliphatic rings. The van der Waals surface area contributed by atoms with Gasteiger partial charge in [0.05, 0.1) is 18.9 Å². The van der Waals surface area contributed by atoms with E-state index in [0.717, 1.165) is 31.7 Å². The van der Waals surface area contributed by atoms with Crippen molar-refractivity contribution in [3.8, 4) is 5.88 Å². The summed E-state index contributed by atoms with van der Waals surface area (Å²) in [6, 6.07) is 3.57. The summed E-state index contributed by atoms with van der Waals surface area (Å²) in [5.74, 6) is 1.29. The van der Waals surface area contributed by atoms with Gasteiger partial charge in [0, 0.05) is 43.8 Å². The fourth-order valence-corrected chi connectivity index (χ4v) is 2.61. The van der Waals surface area contributed by atoms with Crippen LogP contribution in [0.1, 0.15) is 23.2 Å². The maximum Gasteiger partial charge on any atom is 0.253 e. The van der Waals surface area contributed by atoms with Crippen LogP contribution in [0, 0.1) is 0 Å². The number of aromatic nitrogens is 3. The third-order valence-electron chi connectivity index (χ3n) is 3.91. The highest BCUT2D eigenvalue weighted by Crippen LogP contribution is 2.17. The van der Waals surface area contributed by atoms with Crippen LogP contribution in [0.3, 0.4) is 0 Å². The van der Waals surface area contributed by atoms with E-state index in [1.165, 1.54) is 6.20 Å². The molecule has 1 amide bonds. The molecule has 0 bridgehead atoms. The number of hydrogen-bond donors (Lipinski definition) is 1. The lowest BCUT2D eigenvalue weighted by molar-refractivity contribution is 0.0930. The number of methoxy groups -OCH3 is 1. The molecule has 2 aromatic rings. The fraction of sp³-hybridized carbons (Fsp3) is 0.375. The van der Waals surface area contributed by atoms with Crippen LogP contribution >= 0.6 is 0 Å². The van der Waals surface area contributed by atoms with Gasteiger partial charge >= 0.3 is 0 Å². The van der Waals surface area contributed by atoms with E-state index >= 15 is 0 Å². The maximum absolute atomic E-state index is 12.2. The Kier molecular flexibility index (Phi) is 4.65. The Morgan fingerprint density at radius 3 is 2.65 bits per heavy atom. The average molecular weight is 313 g/mol. The standard InChI is InChI=1S/C16H19N5O2/c1-23-15-3-2-12(10-19-15)16(22)20-13-4-8-21(9-5-13)14-11-17-6-7-18-14/h2-3,6-7,10-11,13H,4-5,8-9H2,1H3,(H,20,22).